The third-order valence-electron chi connectivity index (χ3n) is 3.80. The van der Waals surface area contributed by atoms with Gasteiger partial charge in [-0.05, 0) is 49.6 Å². The highest BCUT2D eigenvalue weighted by atomic mass is 16.5. The van der Waals surface area contributed by atoms with Crippen LogP contribution in [-0.2, 0) is 9.53 Å². The summed E-state index contributed by atoms with van der Waals surface area (Å²) < 4.78 is 16.0. The molecule has 1 atom stereocenters. The maximum atomic E-state index is 11.6. The van der Waals surface area contributed by atoms with Crippen LogP contribution in [0.4, 0.5) is 0 Å². The molecular weight excluding hydrogens is 304 g/mol. The Morgan fingerprint density at radius 2 is 1.46 bits per heavy atom. The Bertz CT molecular complexity index is 652. The molecule has 0 aliphatic heterocycles. The number of methoxy groups -OCH3 is 1. The number of rotatable bonds is 7. The standard InChI is InChI=1S/C20H24O4/c1-5-23-18-11-17(12-19(13-18)24-6-2)16-9-7-15(8-10-16)14(3)20(21)22-4/h7-14H,5-6H2,1-4H3. The molecule has 0 fully saturated rings. The van der Waals surface area contributed by atoms with E-state index in [9.17, 15) is 4.79 Å². The van der Waals surface area contributed by atoms with Crippen LogP contribution in [0, 0.1) is 0 Å². The first-order valence-electron chi connectivity index (χ1n) is 8.17. The topological polar surface area (TPSA) is 44.8 Å². The fraction of sp³-hybridized carbons (Fsp3) is 0.350. The third-order valence-corrected chi connectivity index (χ3v) is 3.80. The van der Waals surface area contributed by atoms with E-state index < -0.39 is 0 Å². The van der Waals surface area contributed by atoms with Gasteiger partial charge in [0.05, 0.1) is 26.2 Å². The predicted octanol–water partition coefficient (Wildman–Crippen LogP) is 4.43. The zero-order chi connectivity index (χ0) is 17.5. The summed E-state index contributed by atoms with van der Waals surface area (Å²) in [6.45, 7) is 6.95. The van der Waals surface area contributed by atoms with Gasteiger partial charge >= 0.3 is 5.97 Å². The highest BCUT2D eigenvalue weighted by Gasteiger charge is 2.15. The molecular formula is C20H24O4. The first-order valence-corrected chi connectivity index (χ1v) is 8.17. The average molecular weight is 328 g/mol. The highest BCUT2D eigenvalue weighted by molar-refractivity contribution is 5.78. The Labute approximate surface area is 143 Å². The van der Waals surface area contributed by atoms with Gasteiger partial charge in [0.1, 0.15) is 11.5 Å². The average Bonchev–Trinajstić information content (AvgIpc) is 2.61. The molecule has 128 valence electrons. The Morgan fingerprint density at radius 1 is 0.917 bits per heavy atom. The summed E-state index contributed by atoms with van der Waals surface area (Å²) in [5, 5.41) is 0. The summed E-state index contributed by atoms with van der Waals surface area (Å²) in [5.41, 5.74) is 2.98. The second-order valence-electron chi connectivity index (χ2n) is 5.43. The first kappa shape index (κ1) is 17.9. The molecule has 4 nitrogen and oxygen atoms in total. The van der Waals surface area contributed by atoms with Crippen molar-refractivity contribution < 1.29 is 19.0 Å². The monoisotopic (exact) mass is 328 g/mol. The van der Waals surface area contributed by atoms with Crippen molar-refractivity contribution in [2.24, 2.45) is 0 Å². The van der Waals surface area contributed by atoms with Gasteiger partial charge in [-0.3, -0.25) is 4.79 Å². The lowest BCUT2D eigenvalue weighted by Gasteiger charge is -2.13. The quantitative estimate of drug-likeness (QED) is 0.705. The molecule has 2 rings (SSSR count). The van der Waals surface area contributed by atoms with E-state index in [4.69, 9.17) is 14.2 Å². The Hall–Kier alpha value is -2.49. The second kappa shape index (κ2) is 8.39. The van der Waals surface area contributed by atoms with E-state index in [1.54, 1.807) is 0 Å². The van der Waals surface area contributed by atoms with Crippen LogP contribution >= 0.6 is 0 Å². The van der Waals surface area contributed by atoms with Gasteiger partial charge in [0, 0.05) is 6.07 Å². The number of benzene rings is 2. The molecule has 0 amide bonds. The molecule has 2 aromatic carbocycles. The van der Waals surface area contributed by atoms with Gasteiger partial charge in [0.2, 0.25) is 0 Å². The van der Waals surface area contributed by atoms with Crippen LogP contribution in [0.3, 0.4) is 0 Å². The SMILES string of the molecule is CCOc1cc(OCC)cc(-c2ccc(C(C)C(=O)OC)cc2)c1. The maximum Gasteiger partial charge on any atom is 0.312 e. The van der Waals surface area contributed by atoms with E-state index in [1.807, 2.05) is 63.2 Å². The summed E-state index contributed by atoms with van der Waals surface area (Å²) in [5.74, 6) is 1.05. The number of hydrogen-bond acceptors (Lipinski definition) is 4. The number of esters is 1. The minimum atomic E-state index is -0.280. The van der Waals surface area contributed by atoms with Crippen molar-refractivity contribution in [2.45, 2.75) is 26.7 Å². The Morgan fingerprint density at radius 3 is 1.92 bits per heavy atom. The van der Waals surface area contributed by atoms with Gasteiger partial charge in [-0.25, -0.2) is 0 Å². The number of carbonyl (C=O) groups excluding carboxylic acids is 1. The lowest BCUT2D eigenvalue weighted by atomic mass is 9.97. The summed E-state index contributed by atoms with van der Waals surface area (Å²) in [6.07, 6.45) is 0. The van der Waals surface area contributed by atoms with Crippen LogP contribution in [0.5, 0.6) is 11.5 Å². The Balaban J connectivity index is 2.31. The van der Waals surface area contributed by atoms with Crippen molar-refractivity contribution in [1.82, 2.24) is 0 Å². The predicted molar refractivity (Wildman–Crippen MR) is 94.6 cm³/mol. The fourth-order valence-corrected chi connectivity index (χ4v) is 2.52. The van der Waals surface area contributed by atoms with Crippen molar-refractivity contribution in [1.29, 1.82) is 0 Å². The molecule has 0 saturated heterocycles. The van der Waals surface area contributed by atoms with Crippen molar-refractivity contribution in [3.63, 3.8) is 0 Å². The molecule has 0 N–H and O–H groups in total. The molecule has 0 spiro atoms. The van der Waals surface area contributed by atoms with Gasteiger partial charge in [0.25, 0.3) is 0 Å². The lowest BCUT2D eigenvalue weighted by Crippen LogP contribution is -2.10. The van der Waals surface area contributed by atoms with Crippen LogP contribution in [0.15, 0.2) is 42.5 Å². The molecule has 0 aromatic heterocycles. The lowest BCUT2D eigenvalue weighted by molar-refractivity contribution is -0.141. The second-order valence-corrected chi connectivity index (χ2v) is 5.43. The van der Waals surface area contributed by atoms with Crippen LogP contribution in [0.1, 0.15) is 32.3 Å². The number of ether oxygens (including phenoxy) is 3. The van der Waals surface area contributed by atoms with E-state index in [0.29, 0.717) is 13.2 Å². The number of hydrogen-bond donors (Lipinski definition) is 0. The minimum absolute atomic E-state index is 0.236. The van der Waals surface area contributed by atoms with Gasteiger partial charge in [-0.1, -0.05) is 24.3 Å². The van der Waals surface area contributed by atoms with E-state index in [1.165, 1.54) is 7.11 Å². The molecule has 0 aliphatic rings. The fourth-order valence-electron chi connectivity index (χ4n) is 2.52. The van der Waals surface area contributed by atoms with Crippen LogP contribution in [-0.4, -0.2) is 26.3 Å². The molecule has 2 aromatic rings. The van der Waals surface area contributed by atoms with E-state index >= 15 is 0 Å². The van der Waals surface area contributed by atoms with Crippen LogP contribution in [0.2, 0.25) is 0 Å². The van der Waals surface area contributed by atoms with Gasteiger partial charge in [0.15, 0.2) is 0 Å². The zero-order valence-corrected chi connectivity index (χ0v) is 14.7. The van der Waals surface area contributed by atoms with Gasteiger partial charge in [-0.15, -0.1) is 0 Å². The highest BCUT2D eigenvalue weighted by Crippen LogP contribution is 2.31. The third kappa shape index (κ3) is 4.28. The van der Waals surface area contributed by atoms with Gasteiger partial charge in [-0.2, -0.15) is 0 Å². The van der Waals surface area contributed by atoms with Gasteiger partial charge < -0.3 is 14.2 Å². The summed E-state index contributed by atoms with van der Waals surface area (Å²) in [4.78, 5) is 11.6. The molecule has 1 unspecified atom stereocenters. The normalized spacial score (nSPS) is 11.7. The number of carbonyl (C=O) groups is 1. The summed E-state index contributed by atoms with van der Waals surface area (Å²) >= 11 is 0. The molecule has 0 aliphatic carbocycles. The van der Waals surface area contributed by atoms with Crippen molar-refractivity contribution in [3.05, 3.63) is 48.0 Å². The molecule has 0 bridgehead atoms. The maximum absolute atomic E-state index is 11.6. The molecule has 4 heteroatoms. The van der Waals surface area contributed by atoms with E-state index in [0.717, 1.165) is 28.2 Å². The molecule has 0 heterocycles. The van der Waals surface area contributed by atoms with E-state index in [2.05, 4.69) is 0 Å². The van der Waals surface area contributed by atoms with Crippen LogP contribution < -0.4 is 9.47 Å². The minimum Gasteiger partial charge on any atom is -0.494 e. The Kier molecular flexibility index (Phi) is 6.24. The van der Waals surface area contributed by atoms with E-state index in [-0.39, 0.29) is 11.9 Å². The largest absolute Gasteiger partial charge is 0.494 e. The van der Waals surface area contributed by atoms with Crippen LogP contribution in [0.25, 0.3) is 11.1 Å². The molecule has 24 heavy (non-hydrogen) atoms. The first-order chi connectivity index (χ1) is 11.6. The summed E-state index contributed by atoms with van der Waals surface area (Å²) in [6, 6.07) is 13.8. The van der Waals surface area contributed by atoms with Crippen molar-refractivity contribution in [3.8, 4) is 22.6 Å². The van der Waals surface area contributed by atoms with Crippen molar-refractivity contribution in [2.75, 3.05) is 20.3 Å². The van der Waals surface area contributed by atoms with Crippen molar-refractivity contribution >= 4 is 5.97 Å². The molecule has 0 saturated carbocycles. The zero-order valence-electron chi connectivity index (χ0n) is 14.7. The molecule has 0 radical (unpaired) electrons. The smallest absolute Gasteiger partial charge is 0.312 e. The summed E-state index contributed by atoms with van der Waals surface area (Å²) in [7, 11) is 1.40.